The number of aromatic nitrogens is 1. The van der Waals surface area contributed by atoms with Gasteiger partial charge in [0.25, 0.3) is 0 Å². The van der Waals surface area contributed by atoms with Gasteiger partial charge in [-0.1, -0.05) is 12.1 Å². The number of carbonyl (C=O) groups is 2. The number of nitrogens with one attached hydrogen (secondary N) is 1. The van der Waals surface area contributed by atoms with Crippen LogP contribution in [-0.4, -0.2) is 45.2 Å². The number of thiocarbonyl (C=S) groups is 1. The Morgan fingerprint density at radius 2 is 2.06 bits per heavy atom. The SMILES string of the molecule is CCOC(=O)CN1C(=S)N[C@H](c2ccccn2)[C@@H]1c1ccc(-c2ccc(C(=O)O)cc2C)o1. The van der Waals surface area contributed by atoms with Crippen LogP contribution >= 0.6 is 12.2 Å². The van der Waals surface area contributed by atoms with Gasteiger partial charge in [0, 0.05) is 11.8 Å². The Kier molecular flexibility index (Phi) is 6.41. The highest BCUT2D eigenvalue weighted by Crippen LogP contribution is 2.40. The van der Waals surface area contributed by atoms with Crippen LogP contribution in [0, 0.1) is 6.92 Å². The summed E-state index contributed by atoms with van der Waals surface area (Å²) in [4.78, 5) is 29.7. The van der Waals surface area contributed by atoms with E-state index in [1.165, 1.54) is 0 Å². The second kappa shape index (κ2) is 9.41. The summed E-state index contributed by atoms with van der Waals surface area (Å²) < 4.78 is 11.4. The molecule has 2 N–H and O–H groups in total. The van der Waals surface area contributed by atoms with Gasteiger partial charge in [-0.15, -0.1) is 0 Å². The van der Waals surface area contributed by atoms with Crippen LogP contribution in [0.5, 0.6) is 0 Å². The van der Waals surface area contributed by atoms with Crippen LogP contribution in [0.2, 0.25) is 0 Å². The van der Waals surface area contributed by atoms with Gasteiger partial charge >= 0.3 is 11.9 Å². The van der Waals surface area contributed by atoms with Crippen LogP contribution in [0.15, 0.2) is 59.1 Å². The van der Waals surface area contributed by atoms with Gasteiger partial charge in [0.2, 0.25) is 0 Å². The number of aromatic carboxylic acids is 1. The molecule has 1 aliphatic heterocycles. The van der Waals surface area contributed by atoms with Gasteiger partial charge in [-0.05, 0) is 68.0 Å². The molecular weight excluding hydrogens is 442 g/mol. The quantitative estimate of drug-likeness (QED) is 0.397. The van der Waals surface area contributed by atoms with Crippen LogP contribution in [-0.2, 0) is 9.53 Å². The minimum absolute atomic E-state index is 0.0317. The van der Waals surface area contributed by atoms with Crippen LogP contribution in [0.4, 0.5) is 0 Å². The predicted molar refractivity (Wildman–Crippen MR) is 125 cm³/mol. The molecule has 8 nitrogen and oxygen atoms in total. The first-order valence-corrected chi connectivity index (χ1v) is 10.9. The highest BCUT2D eigenvalue weighted by molar-refractivity contribution is 7.80. The summed E-state index contributed by atoms with van der Waals surface area (Å²) in [6.45, 7) is 3.83. The Labute approximate surface area is 196 Å². The number of nitrogens with zero attached hydrogens (tertiary/aromatic N) is 2. The van der Waals surface area contributed by atoms with E-state index in [1.807, 2.05) is 37.3 Å². The van der Waals surface area contributed by atoms with E-state index in [2.05, 4.69) is 10.3 Å². The molecule has 0 radical (unpaired) electrons. The molecule has 0 bridgehead atoms. The van der Waals surface area contributed by atoms with Crippen molar-refractivity contribution in [3.63, 3.8) is 0 Å². The number of rotatable bonds is 7. The molecule has 1 saturated heterocycles. The molecule has 3 aromatic rings. The summed E-state index contributed by atoms with van der Waals surface area (Å²) in [5.41, 5.74) is 2.53. The van der Waals surface area contributed by atoms with Crippen molar-refractivity contribution in [1.29, 1.82) is 0 Å². The van der Waals surface area contributed by atoms with Crippen molar-refractivity contribution in [3.05, 3.63) is 77.3 Å². The Hall–Kier alpha value is -3.72. The molecular formula is C24H23N3O5S. The number of hydrogen-bond donors (Lipinski definition) is 2. The largest absolute Gasteiger partial charge is 0.478 e. The highest BCUT2D eigenvalue weighted by atomic mass is 32.1. The smallest absolute Gasteiger partial charge is 0.335 e. The fourth-order valence-electron chi connectivity index (χ4n) is 3.96. The third kappa shape index (κ3) is 4.58. The van der Waals surface area contributed by atoms with Crippen molar-refractivity contribution in [3.8, 4) is 11.3 Å². The summed E-state index contributed by atoms with van der Waals surface area (Å²) in [5, 5.41) is 12.9. The van der Waals surface area contributed by atoms with Crippen molar-refractivity contribution < 1.29 is 23.8 Å². The molecule has 0 amide bonds. The van der Waals surface area contributed by atoms with Crippen LogP contribution in [0.3, 0.4) is 0 Å². The average Bonchev–Trinajstić information content (AvgIpc) is 3.39. The highest BCUT2D eigenvalue weighted by Gasteiger charge is 2.42. The number of furan rings is 1. The molecule has 2 aromatic heterocycles. The molecule has 1 fully saturated rings. The zero-order valence-electron chi connectivity index (χ0n) is 18.1. The molecule has 9 heteroatoms. The Balaban J connectivity index is 1.71. The zero-order valence-corrected chi connectivity index (χ0v) is 19.0. The van der Waals surface area contributed by atoms with Crippen molar-refractivity contribution in [2.75, 3.05) is 13.2 Å². The predicted octanol–water partition coefficient (Wildman–Crippen LogP) is 3.88. The lowest BCUT2D eigenvalue weighted by Crippen LogP contribution is -2.35. The number of carbonyl (C=O) groups excluding carboxylic acids is 1. The van der Waals surface area contributed by atoms with Gasteiger partial charge in [0.1, 0.15) is 24.1 Å². The van der Waals surface area contributed by atoms with Crippen LogP contribution in [0.1, 0.15) is 46.4 Å². The topological polar surface area (TPSA) is 105 Å². The molecule has 1 aromatic carbocycles. The number of esters is 1. The maximum atomic E-state index is 12.3. The zero-order chi connectivity index (χ0) is 23.5. The molecule has 4 rings (SSSR count). The average molecular weight is 466 g/mol. The summed E-state index contributed by atoms with van der Waals surface area (Å²) in [7, 11) is 0. The number of pyridine rings is 1. The van der Waals surface area contributed by atoms with Gasteiger partial charge in [0.15, 0.2) is 5.11 Å². The van der Waals surface area contributed by atoms with Crippen molar-refractivity contribution in [1.82, 2.24) is 15.2 Å². The molecule has 1 aliphatic rings. The monoisotopic (exact) mass is 465 g/mol. The molecule has 0 aliphatic carbocycles. The molecule has 2 atom stereocenters. The van der Waals surface area contributed by atoms with E-state index in [9.17, 15) is 14.7 Å². The summed E-state index contributed by atoms with van der Waals surface area (Å²) in [6.07, 6.45) is 1.70. The molecule has 3 heterocycles. The van der Waals surface area contributed by atoms with E-state index < -0.39 is 12.0 Å². The van der Waals surface area contributed by atoms with E-state index >= 15 is 0 Å². The second-order valence-corrected chi connectivity index (χ2v) is 7.98. The van der Waals surface area contributed by atoms with Gasteiger partial charge in [-0.25, -0.2) is 4.79 Å². The third-order valence-electron chi connectivity index (χ3n) is 5.46. The normalized spacial score (nSPS) is 17.6. The molecule has 170 valence electrons. The van der Waals surface area contributed by atoms with Gasteiger partial charge < -0.3 is 24.5 Å². The Morgan fingerprint density at radius 3 is 2.73 bits per heavy atom. The number of carboxylic acids is 1. The lowest BCUT2D eigenvalue weighted by Gasteiger charge is -2.25. The van der Waals surface area contributed by atoms with Gasteiger partial charge in [0.05, 0.1) is 23.9 Å². The maximum Gasteiger partial charge on any atom is 0.335 e. The number of carboxylic acid groups (broad SMARTS) is 1. The summed E-state index contributed by atoms with van der Waals surface area (Å²) >= 11 is 5.54. The molecule has 33 heavy (non-hydrogen) atoms. The van der Waals surface area contributed by atoms with Crippen molar-refractivity contribution in [2.24, 2.45) is 0 Å². The van der Waals surface area contributed by atoms with Gasteiger partial charge in [-0.2, -0.15) is 0 Å². The van der Waals surface area contributed by atoms with E-state index in [0.29, 0.717) is 16.6 Å². The number of benzene rings is 1. The van der Waals surface area contributed by atoms with Gasteiger partial charge in [-0.3, -0.25) is 9.78 Å². The molecule has 0 saturated carbocycles. The molecule has 0 spiro atoms. The Bertz CT molecular complexity index is 1190. The van der Waals surface area contributed by atoms with Crippen LogP contribution < -0.4 is 5.32 Å². The minimum Gasteiger partial charge on any atom is -0.478 e. The first-order chi connectivity index (χ1) is 15.9. The Morgan fingerprint density at radius 1 is 1.24 bits per heavy atom. The summed E-state index contributed by atoms with van der Waals surface area (Å²) in [5.74, 6) is -0.185. The lowest BCUT2D eigenvalue weighted by molar-refractivity contribution is -0.143. The fraction of sp³-hybridized carbons (Fsp3) is 0.250. The number of hydrogen-bond acceptors (Lipinski definition) is 6. The first kappa shape index (κ1) is 22.5. The maximum absolute atomic E-state index is 12.3. The summed E-state index contributed by atoms with van der Waals surface area (Å²) in [6, 6.07) is 13.4. The lowest BCUT2D eigenvalue weighted by atomic mass is 10.0. The third-order valence-corrected chi connectivity index (χ3v) is 5.81. The van der Waals surface area contributed by atoms with Crippen molar-refractivity contribution in [2.45, 2.75) is 25.9 Å². The van der Waals surface area contributed by atoms with Crippen LogP contribution in [0.25, 0.3) is 11.3 Å². The second-order valence-electron chi connectivity index (χ2n) is 7.60. The van der Waals surface area contributed by atoms with E-state index in [4.69, 9.17) is 21.4 Å². The fourth-order valence-corrected chi connectivity index (χ4v) is 4.27. The number of ether oxygens (including phenoxy) is 1. The van der Waals surface area contributed by atoms with E-state index in [-0.39, 0.29) is 30.7 Å². The van der Waals surface area contributed by atoms with E-state index in [0.717, 1.165) is 16.8 Å². The first-order valence-electron chi connectivity index (χ1n) is 10.5. The molecule has 0 unspecified atom stereocenters. The number of aryl methyl sites for hydroxylation is 1. The van der Waals surface area contributed by atoms with E-state index in [1.54, 1.807) is 36.2 Å². The standard InChI is InChI=1S/C24H23N3O5S/c1-3-31-20(28)13-27-22(21(26-24(27)33)17-6-4-5-11-25-17)19-10-9-18(32-19)16-8-7-15(23(29)30)12-14(16)2/h4-12,21-22H,3,13H2,1-2H3,(H,26,33)(H,29,30)/t21-,22+/m1/s1. The van der Waals surface area contributed by atoms with Crippen molar-refractivity contribution >= 4 is 29.3 Å². The minimum atomic E-state index is -0.983.